The van der Waals surface area contributed by atoms with Gasteiger partial charge in [0.15, 0.2) is 11.7 Å². The van der Waals surface area contributed by atoms with Crippen LogP contribution in [0, 0.1) is 5.82 Å². The van der Waals surface area contributed by atoms with Crippen LogP contribution in [0.1, 0.15) is 39.1 Å². The third-order valence-electron chi connectivity index (χ3n) is 4.31. The molecule has 14 heteroatoms. The van der Waals surface area contributed by atoms with E-state index < -0.39 is 47.5 Å². The van der Waals surface area contributed by atoms with Crippen LogP contribution in [0.15, 0.2) is 61.1 Å². The van der Waals surface area contributed by atoms with E-state index in [4.69, 9.17) is 9.84 Å². The lowest BCUT2D eigenvalue weighted by atomic mass is 9.98. The summed E-state index contributed by atoms with van der Waals surface area (Å²) in [5.41, 5.74) is -1.02. The van der Waals surface area contributed by atoms with Crippen molar-refractivity contribution in [3.8, 4) is 11.6 Å². The second kappa shape index (κ2) is 12.1. The fraction of sp³-hybridized carbons (Fsp3) is 0.217. The van der Waals surface area contributed by atoms with E-state index in [0.717, 1.165) is 24.4 Å². The van der Waals surface area contributed by atoms with Crippen molar-refractivity contribution in [3.63, 3.8) is 0 Å². The lowest BCUT2D eigenvalue weighted by Gasteiger charge is -2.23. The van der Waals surface area contributed by atoms with E-state index in [1.54, 1.807) is 13.0 Å². The Labute approximate surface area is 204 Å². The number of esters is 1. The van der Waals surface area contributed by atoms with Crippen LogP contribution >= 0.6 is 0 Å². The van der Waals surface area contributed by atoms with Gasteiger partial charge in [-0.15, -0.1) is 0 Å². The quantitative estimate of drug-likeness (QED) is 0.298. The van der Waals surface area contributed by atoms with E-state index in [0.29, 0.717) is 12.1 Å². The largest absolute Gasteiger partial charge is 0.478 e. The smallest absolute Gasteiger partial charge is 0.404 e. The van der Waals surface area contributed by atoms with E-state index in [9.17, 15) is 40.3 Å². The fourth-order valence-electron chi connectivity index (χ4n) is 2.72. The maximum absolute atomic E-state index is 14.0. The van der Waals surface area contributed by atoms with Crippen LogP contribution < -0.4 is 4.74 Å². The number of benzene rings is 1. The van der Waals surface area contributed by atoms with Crippen LogP contribution in [-0.4, -0.2) is 46.0 Å². The molecule has 3 aromatic rings. The van der Waals surface area contributed by atoms with Gasteiger partial charge in [0.05, 0.1) is 17.7 Å². The average Bonchev–Trinajstić information content (AvgIpc) is 2.81. The number of carboxylic acid groups (broad SMARTS) is 1. The molecule has 1 aromatic carbocycles. The Balaban J connectivity index is 0.000000449. The molecular formula is C23H17F7N2O5. The van der Waals surface area contributed by atoms with Crippen molar-refractivity contribution in [1.29, 1.82) is 0 Å². The van der Waals surface area contributed by atoms with Crippen LogP contribution in [0.3, 0.4) is 0 Å². The van der Waals surface area contributed by atoms with Crippen LogP contribution in [0.4, 0.5) is 30.7 Å². The number of carbonyl (C=O) groups is 2. The van der Waals surface area contributed by atoms with E-state index in [-0.39, 0.29) is 23.5 Å². The van der Waals surface area contributed by atoms with Gasteiger partial charge in [0, 0.05) is 18.6 Å². The normalized spacial score (nSPS) is 11.4. The Hall–Kier alpha value is -4.23. The zero-order valence-electron chi connectivity index (χ0n) is 18.7. The van der Waals surface area contributed by atoms with Crippen molar-refractivity contribution >= 4 is 11.9 Å². The molecule has 0 aliphatic carbocycles. The van der Waals surface area contributed by atoms with Gasteiger partial charge >= 0.3 is 24.3 Å². The summed E-state index contributed by atoms with van der Waals surface area (Å²) in [5.74, 6) is -7.37. The van der Waals surface area contributed by atoms with Crippen molar-refractivity contribution in [2.24, 2.45) is 0 Å². The van der Waals surface area contributed by atoms with Crippen molar-refractivity contribution < 1.29 is 54.9 Å². The summed E-state index contributed by atoms with van der Waals surface area (Å²) >= 11 is 0. The number of hydrogen-bond acceptors (Lipinski definition) is 6. The molecule has 0 spiro atoms. The third kappa shape index (κ3) is 8.44. The highest BCUT2D eigenvalue weighted by Crippen LogP contribution is 2.46. The predicted molar refractivity (Wildman–Crippen MR) is 113 cm³/mol. The summed E-state index contributed by atoms with van der Waals surface area (Å²) in [7, 11) is 0. The first-order chi connectivity index (χ1) is 17.2. The van der Waals surface area contributed by atoms with Gasteiger partial charge in [0.25, 0.3) is 5.88 Å². The lowest BCUT2D eigenvalue weighted by Crippen LogP contribution is -2.34. The van der Waals surface area contributed by atoms with Gasteiger partial charge in [-0.25, -0.2) is 19.0 Å². The maximum atomic E-state index is 14.0. The number of rotatable bonds is 6. The number of pyridine rings is 2. The summed E-state index contributed by atoms with van der Waals surface area (Å²) in [4.78, 5) is 28.8. The number of nitrogens with zero attached hydrogens (tertiary/aromatic N) is 2. The molecule has 0 bridgehead atoms. The molecule has 0 radical (unpaired) electrons. The first-order valence-corrected chi connectivity index (χ1v) is 10.1. The number of alkyl halides is 6. The molecular weight excluding hydrogens is 517 g/mol. The topological polar surface area (TPSA) is 98.6 Å². The number of aromatic carboxylic acids is 1. The van der Waals surface area contributed by atoms with E-state index in [1.807, 2.05) is 0 Å². The number of hydrogen-bond donors (Lipinski definition) is 1. The Morgan fingerprint density at radius 1 is 0.973 bits per heavy atom. The van der Waals surface area contributed by atoms with E-state index in [1.165, 1.54) is 18.5 Å². The molecule has 37 heavy (non-hydrogen) atoms. The summed E-state index contributed by atoms with van der Waals surface area (Å²) in [6.45, 7) is 1.60. The van der Waals surface area contributed by atoms with Crippen LogP contribution in [0.25, 0.3) is 0 Å². The fourth-order valence-corrected chi connectivity index (χ4v) is 2.72. The first kappa shape index (κ1) is 29.0. The zero-order chi connectivity index (χ0) is 27.8. The summed E-state index contributed by atoms with van der Waals surface area (Å²) in [6.07, 6.45) is -7.27. The molecule has 0 amide bonds. The van der Waals surface area contributed by atoms with Gasteiger partial charge in [-0.2, -0.15) is 26.3 Å². The van der Waals surface area contributed by atoms with E-state index >= 15 is 0 Å². The highest BCUT2D eigenvalue weighted by Gasteiger charge is 2.57. The summed E-state index contributed by atoms with van der Waals surface area (Å²) < 4.78 is 99.9. The molecule has 0 unspecified atom stereocenters. The van der Waals surface area contributed by atoms with Gasteiger partial charge in [-0.05, 0) is 42.8 Å². The summed E-state index contributed by atoms with van der Waals surface area (Å²) in [5, 5.41) is 8.34. The minimum absolute atomic E-state index is 0.0574. The molecule has 2 aromatic heterocycles. The number of halogens is 7. The van der Waals surface area contributed by atoms with Gasteiger partial charge < -0.3 is 14.6 Å². The van der Waals surface area contributed by atoms with Crippen molar-refractivity contribution in [2.45, 2.75) is 25.2 Å². The molecule has 0 saturated heterocycles. The minimum Gasteiger partial charge on any atom is -0.478 e. The second-order valence-electron chi connectivity index (χ2n) is 6.97. The monoisotopic (exact) mass is 534 g/mol. The Kier molecular flexibility index (Phi) is 9.52. The molecule has 0 atom stereocenters. The molecule has 3 rings (SSSR count). The van der Waals surface area contributed by atoms with Crippen molar-refractivity contribution in [3.05, 3.63) is 83.6 Å². The Morgan fingerprint density at radius 2 is 1.59 bits per heavy atom. The molecule has 1 N–H and O–H groups in total. The van der Waals surface area contributed by atoms with Crippen LogP contribution in [-0.2, 0) is 4.74 Å². The second-order valence-corrected chi connectivity index (χ2v) is 6.97. The Morgan fingerprint density at radius 3 is 2.03 bits per heavy atom. The van der Waals surface area contributed by atoms with Crippen LogP contribution in [0.2, 0.25) is 0 Å². The molecule has 7 nitrogen and oxygen atoms in total. The molecule has 198 valence electrons. The summed E-state index contributed by atoms with van der Waals surface area (Å²) in [6, 6.07) is 6.65. The predicted octanol–water partition coefficient (Wildman–Crippen LogP) is 6.18. The standard InChI is InChI=1S/C17H12F7NO3.C6H5NO2/c1-2-27-15(26)10-7-12(18)14(25-8-10)28-11-5-3-9(4-6-11)13(16(19,20)21)17(22,23)24;8-6(9)5-2-1-3-7-4-5/h3-8,13H,2H2,1H3;1-4H,(H,8,9). The number of aromatic nitrogens is 2. The molecule has 0 aliphatic heterocycles. The third-order valence-corrected chi connectivity index (χ3v) is 4.31. The van der Waals surface area contributed by atoms with Gasteiger partial charge in [-0.3, -0.25) is 4.98 Å². The van der Waals surface area contributed by atoms with Crippen molar-refractivity contribution in [1.82, 2.24) is 9.97 Å². The molecule has 0 fully saturated rings. The van der Waals surface area contributed by atoms with Gasteiger partial charge in [0.1, 0.15) is 5.75 Å². The van der Waals surface area contributed by atoms with Gasteiger partial charge in [-0.1, -0.05) is 12.1 Å². The average molecular weight is 534 g/mol. The number of carboxylic acids is 1. The minimum atomic E-state index is -5.53. The Bertz CT molecular complexity index is 1190. The van der Waals surface area contributed by atoms with E-state index in [2.05, 4.69) is 14.7 Å². The first-order valence-electron chi connectivity index (χ1n) is 10.1. The maximum Gasteiger partial charge on any atom is 0.404 e. The number of carbonyl (C=O) groups excluding carboxylic acids is 1. The molecule has 0 aliphatic rings. The molecule has 2 heterocycles. The highest BCUT2D eigenvalue weighted by atomic mass is 19.4. The molecule has 0 saturated carbocycles. The van der Waals surface area contributed by atoms with Crippen LogP contribution in [0.5, 0.6) is 11.6 Å². The van der Waals surface area contributed by atoms with Gasteiger partial charge in [0.2, 0.25) is 0 Å². The SMILES string of the molecule is CCOC(=O)c1cnc(Oc2ccc(C(C(F)(F)F)C(F)(F)F)cc2)c(F)c1.O=C(O)c1cccnc1. The highest BCUT2D eigenvalue weighted by molar-refractivity contribution is 5.89. The zero-order valence-corrected chi connectivity index (χ0v) is 18.7. The van der Waals surface area contributed by atoms with Crippen molar-refractivity contribution in [2.75, 3.05) is 6.61 Å². The number of ether oxygens (including phenoxy) is 2. The lowest BCUT2D eigenvalue weighted by molar-refractivity contribution is -0.253.